The minimum Gasteiger partial charge on any atom is -0.497 e. The van der Waals surface area contributed by atoms with Crippen molar-refractivity contribution in [3.05, 3.63) is 35.5 Å². The van der Waals surface area contributed by atoms with Crippen LogP contribution in [-0.2, 0) is 12.8 Å². The first-order valence-corrected chi connectivity index (χ1v) is 7.24. The minimum absolute atomic E-state index is 0.667. The fourth-order valence-corrected chi connectivity index (χ4v) is 2.40. The summed E-state index contributed by atoms with van der Waals surface area (Å²) < 4.78 is 12.6. The van der Waals surface area contributed by atoms with Crippen LogP contribution >= 0.6 is 0 Å². The highest BCUT2D eigenvalue weighted by Gasteiger charge is 2.18. The lowest BCUT2D eigenvalue weighted by molar-refractivity contribution is 0.378. The van der Waals surface area contributed by atoms with Gasteiger partial charge in [-0.05, 0) is 50.1 Å². The van der Waals surface area contributed by atoms with Crippen molar-refractivity contribution in [1.82, 2.24) is 9.78 Å². The van der Waals surface area contributed by atoms with Gasteiger partial charge >= 0.3 is 0 Å². The molecule has 0 bridgehead atoms. The molecule has 2 aromatic rings. The van der Waals surface area contributed by atoms with Crippen molar-refractivity contribution in [1.29, 1.82) is 0 Å². The maximum absolute atomic E-state index is 5.63. The summed E-state index contributed by atoms with van der Waals surface area (Å²) >= 11 is 0. The van der Waals surface area contributed by atoms with Crippen LogP contribution in [0.15, 0.2) is 24.3 Å². The number of aryl methyl sites for hydroxylation is 1. The van der Waals surface area contributed by atoms with Crippen LogP contribution in [0, 0.1) is 0 Å². The summed E-state index contributed by atoms with van der Waals surface area (Å²) in [7, 11) is 3.34. The van der Waals surface area contributed by atoms with Crippen molar-refractivity contribution in [2.24, 2.45) is 5.73 Å². The van der Waals surface area contributed by atoms with Crippen LogP contribution in [0.3, 0.4) is 0 Å². The van der Waals surface area contributed by atoms with Crippen LogP contribution < -0.4 is 15.2 Å². The Morgan fingerprint density at radius 1 is 1.14 bits per heavy atom. The Morgan fingerprint density at radius 2 is 1.86 bits per heavy atom. The SMILES string of the molecule is CCc1nn(-c2ccc(OC)cc2)c(OC)c1CCCN. The van der Waals surface area contributed by atoms with Crippen LogP contribution in [0.25, 0.3) is 5.69 Å². The lowest BCUT2D eigenvalue weighted by Crippen LogP contribution is -2.03. The zero-order valence-corrected chi connectivity index (χ0v) is 12.9. The lowest BCUT2D eigenvalue weighted by atomic mass is 10.1. The summed E-state index contributed by atoms with van der Waals surface area (Å²) in [4.78, 5) is 0. The van der Waals surface area contributed by atoms with Gasteiger partial charge in [-0.15, -0.1) is 0 Å². The highest BCUT2D eigenvalue weighted by atomic mass is 16.5. The smallest absolute Gasteiger partial charge is 0.219 e. The lowest BCUT2D eigenvalue weighted by Gasteiger charge is -2.08. The third kappa shape index (κ3) is 3.19. The monoisotopic (exact) mass is 289 g/mol. The molecule has 0 fully saturated rings. The molecule has 2 N–H and O–H groups in total. The molecule has 1 aromatic heterocycles. The van der Waals surface area contributed by atoms with Gasteiger partial charge < -0.3 is 15.2 Å². The second-order valence-corrected chi connectivity index (χ2v) is 4.79. The van der Waals surface area contributed by atoms with Crippen LogP contribution in [0.2, 0.25) is 0 Å². The summed E-state index contributed by atoms with van der Waals surface area (Å²) in [6.07, 6.45) is 2.69. The average molecular weight is 289 g/mol. The van der Waals surface area contributed by atoms with Crippen LogP contribution in [0.5, 0.6) is 11.6 Å². The molecule has 1 heterocycles. The number of ether oxygens (including phenoxy) is 2. The highest BCUT2D eigenvalue weighted by molar-refractivity contribution is 5.43. The Balaban J connectivity index is 2.44. The molecule has 0 spiro atoms. The number of rotatable bonds is 7. The number of methoxy groups -OCH3 is 2. The van der Waals surface area contributed by atoms with E-state index >= 15 is 0 Å². The molecule has 0 saturated heterocycles. The van der Waals surface area contributed by atoms with Crippen LogP contribution in [-0.4, -0.2) is 30.5 Å². The van der Waals surface area contributed by atoms with Gasteiger partial charge in [-0.2, -0.15) is 5.10 Å². The first-order chi connectivity index (χ1) is 10.2. The summed E-state index contributed by atoms with van der Waals surface area (Å²) in [6.45, 7) is 2.77. The van der Waals surface area contributed by atoms with E-state index in [4.69, 9.17) is 15.2 Å². The molecule has 0 unspecified atom stereocenters. The van der Waals surface area contributed by atoms with E-state index in [9.17, 15) is 0 Å². The molecule has 0 saturated carbocycles. The van der Waals surface area contributed by atoms with Crippen molar-refractivity contribution in [3.63, 3.8) is 0 Å². The normalized spacial score (nSPS) is 10.7. The predicted molar refractivity (Wildman–Crippen MR) is 83.4 cm³/mol. The van der Waals surface area contributed by atoms with Gasteiger partial charge in [-0.1, -0.05) is 6.92 Å². The fraction of sp³-hybridized carbons (Fsp3) is 0.438. The van der Waals surface area contributed by atoms with Gasteiger partial charge in [-0.3, -0.25) is 0 Å². The molecule has 114 valence electrons. The molecule has 0 aliphatic heterocycles. The Kier molecular flexibility index (Phi) is 5.22. The largest absolute Gasteiger partial charge is 0.497 e. The van der Waals surface area contributed by atoms with Gasteiger partial charge in [0.15, 0.2) is 0 Å². The topological polar surface area (TPSA) is 62.3 Å². The summed E-state index contributed by atoms with van der Waals surface area (Å²) in [5.41, 5.74) is 8.81. The zero-order valence-electron chi connectivity index (χ0n) is 12.9. The van der Waals surface area contributed by atoms with Gasteiger partial charge in [0.05, 0.1) is 25.6 Å². The maximum atomic E-state index is 5.63. The molecule has 21 heavy (non-hydrogen) atoms. The number of nitrogens with two attached hydrogens (primary N) is 1. The van der Waals surface area contributed by atoms with E-state index in [0.717, 1.165) is 47.8 Å². The Hall–Kier alpha value is -2.01. The second-order valence-electron chi connectivity index (χ2n) is 4.79. The number of nitrogens with zero attached hydrogens (tertiary/aromatic N) is 2. The van der Waals surface area contributed by atoms with Gasteiger partial charge in [0.25, 0.3) is 0 Å². The molecule has 5 nitrogen and oxygen atoms in total. The number of benzene rings is 1. The van der Waals surface area contributed by atoms with E-state index in [-0.39, 0.29) is 0 Å². The molecule has 2 rings (SSSR count). The molecule has 0 atom stereocenters. The number of hydrogen-bond donors (Lipinski definition) is 1. The van der Waals surface area contributed by atoms with Crippen molar-refractivity contribution < 1.29 is 9.47 Å². The molecule has 0 aliphatic carbocycles. The van der Waals surface area contributed by atoms with Gasteiger partial charge in [-0.25, -0.2) is 4.68 Å². The highest BCUT2D eigenvalue weighted by Crippen LogP contribution is 2.28. The predicted octanol–water partition coefficient (Wildman–Crippen LogP) is 2.34. The van der Waals surface area contributed by atoms with Gasteiger partial charge in [0.2, 0.25) is 5.88 Å². The van der Waals surface area contributed by atoms with E-state index in [1.165, 1.54) is 0 Å². The molecule has 1 aromatic carbocycles. The quantitative estimate of drug-likeness (QED) is 0.850. The third-order valence-corrected chi connectivity index (χ3v) is 3.50. The van der Waals surface area contributed by atoms with Crippen molar-refractivity contribution >= 4 is 0 Å². The maximum Gasteiger partial charge on any atom is 0.219 e. The molecular formula is C16H23N3O2. The van der Waals surface area contributed by atoms with E-state index < -0.39 is 0 Å². The Morgan fingerprint density at radius 3 is 2.38 bits per heavy atom. The van der Waals surface area contributed by atoms with Crippen molar-refractivity contribution in [2.45, 2.75) is 26.2 Å². The fourth-order valence-electron chi connectivity index (χ4n) is 2.40. The Labute approximate surface area is 125 Å². The van der Waals surface area contributed by atoms with E-state index in [1.807, 2.05) is 28.9 Å². The van der Waals surface area contributed by atoms with Gasteiger partial charge in [0, 0.05) is 5.56 Å². The Bertz CT molecular complexity index is 576. The molecule has 5 heteroatoms. The van der Waals surface area contributed by atoms with Crippen molar-refractivity contribution in [3.8, 4) is 17.3 Å². The van der Waals surface area contributed by atoms with E-state index in [1.54, 1.807) is 14.2 Å². The first kappa shape index (κ1) is 15.4. The van der Waals surface area contributed by atoms with E-state index in [0.29, 0.717) is 6.54 Å². The van der Waals surface area contributed by atoms with Crippen LogP contribution in [0.4, 0.5) is 0 Å². The van der Waals surface area contributed by atoms with Gasteiger partial charge in [0.1, 0.15) is 5.75 Å². The number of hydrogen-bond acceptors (Lipinski definition) is 4. The standard InChI is InChI=1S/C16H23N3O2/c1-4-15-14(6-5-11-17)16(21-3)19(18-15)12-7-9-13(20-2)10-8-12/h7-10H,4-6,11,17H2,1-3H3. The minimum atomic E-state index is 0.667. The summed E-state index contributed by atoms with van der Waals surface area (Å²) in [5, 5.41) is 4.69. The average Bonchev–Trinajstić information content (AvgIpc) is 2.90. The second kappa shape index (κ2) is 7.13. The molecule has 0 aliphatic rings. The first-order valence-electron chi connectivity index (χ1n) is 7.24. The molecule has 0 amide bonds. The summed E-state index contributed by atoms with van der Waals surface area (Å²) in [5.74, 6) is 1.62. The zero-order chi connectivity index (χ0) is 15.2. The third-order valence-electron chi connectivity index (χ3n) is 3.50. The molecule has 0 radical (unpaired) electrons. The summed E-state index contributed by atoms with van der Waals surface area (Å²) in [6, 6.07) is 7.78. The molecular weight excluding hydrogens is 266 g/mol. The number of aromatic nitrogens is 2. The van der Waals surface area contributed by atoms with Crippen LogP contribution in [0.1, 0.15) is 24.6 Å². The van der Waals surface area contributed by atoms with E-state index in [2.05, 4.69) is 12.0 Å². The van der Waals surface area contributed by atoms with Crippen molar-refractivity contribution in [2.75, 3.05) is 20.8 Å².